The van der Waals surface area contributed by atoms with Crippen molar-refractivity contribution in [3.63, 3.8) is 0 Å². The number of carbonyl (C=O) groups is 1. The van der Waals surface area contributed by atoms with Crippen LogP contribution in [0.5, 0.6) is 0 Å². The number of hydrogen-bond acceptors (Lipinski definition) is 5. The van der Waals surface area contributed by atoms with E-state index in [0.29, 0.717) is 13.3 Å². The number of amides is 1. The highest BCUT2D eigenvalue weighted by molar-refractivity contribution is 7.89. The Kier molecular flexibility index (Phi) is 5.81. The van der Waals surface area contributed by atoms with Gasteiger partial charge in [-0.05, 0) is 31.9 Å². The van der Waals surface area contributed by atoms with E-state index in [9.17, 15) is 26.4 Å². The number of nitriles is 1. The van der Waals surface area contributed by atoms with Crippen molar-refractivity contribution in [2.24, 2.45) is 0 Å². The molecule has 2 aromatic heterocycles. The molecule has 3 heterocycles. The van der Waals surface area contributed by atoms with Gasteiger partial charge in [-0.15, -0.1) is 0 Å². The number of aromatic nitrogens is 2. The third kappa shape index (κ3) is 4.14. The van der Waals surface area contributed by atoms with Crippen molar-refractivity contribution < 1.29 is 26.4 Å². The monoisotopic (exact) mass is 461 g/mol. The van der Waals surface area contributed by atoms with Gasteiger partial charge in [0.2, 0.25) is 10.0 Å². The fraction of sp³-hybridized carbons (Fsp3) is 0.353. The maximum absolute atomic E-state index is 12.9. The minimum atomic E-state index is -4.79. The SMILES string of the molecule is CC(NS(=O)(=O)c1c(Cl)c(C(=O)Nc2ccnc(C#N)c2)n2c1CCC2)C(F)(F)F. The summed E-state index contributed by atoms with van der Waals surface area (Å²) in [7, 11) is -4.65. The van der Waals surface area contributed by atoms with Crippen molar-refractivity contribution in [2.75, 3.05) is 5.32 Å². The molecular weight excluding hydrogens is 447 g/mol. The molecule has 1 amide bonds. The Labute approximate surface area is 174 Å². The molecule has 0 radical (unpaired) electrons. The first kappa shape index (κ1) is 22.1. The standard InChI is InChI=1S/C17H15ClF3N5O3S/c1-9(17(19,20)21)25-30(28,29)15-12-3-2-6-26(12)14(13(15)18)16(27)24-10-4-5-23-11(7-10)8-22/h4-5,7,9,25H,2-3,6H2,1H3,(H,23,24,27). The maximum atomic E-state index is 12.9. The van der Waals surface area contributed by atoms with E-state index in [2.05, 4.69) is 10.3 Å². The predicted octanol–water partition coefficient (Wildman–Crippen LogP) is 2.84. The summed E-state index contributed by atoms with van der Waals surface area (Å²) in [6.07, 6.45) is -2.76. The van der Waals surface area contributed by atoms with E-state index in [1.54, 1.807) is 4.72 Å². The average Bonchev–Trinajstić information content (AvgIpc) is 3.19. The van der Waals surface area contributed by atoms with Crippen LogP contribution in [0.4, 0.5) is 18.9 Å². The van der Waals surface area contributed by atoms with Crippen LogP contribution in [0.25, 0.3) is 0 Å². The third-order valence-corrected chi connectivity index (χ3v) is 6.62. The molecule has 1 aliphatic heterocycles. The van der Waals surface area contributed by atoms with Crippen molar-refractivity contribution in [3.05, 3.63) is 40.4 Å². The van der Waals surface area contributed by atoms with Gasteiger partial charge in [-0.2, -0.15) is 23.2 Å². The minimum Gasteiger partial charge on any atom is -0.338 e. The predicted molar refractivity (Wildman–Crippen MR) is 101 cm³/mol. The first-order chi connectivity index (χ1) is 14.0. The van der Waals surface area contributed by atoms with Crippen LogP contribution in [-0.4, -0.2) is 36.1 Å². The van der Waals surface area contributed by atoms with Gasteiger partial charge in [0.15, 0.2) is 0 Å². The molecule has 0 aromatic carbocycles. The topological polar surface area (TPSA) is 117 Å². The Morgan fingerprint density at radius 1 is 1.43 bits per heavy atom. The molecule has 2 N–H and O–H groups in total. The molecule has 0 bridgehead atoms. The quantitative estimate of drug-likeness (QED) is 0.710. The number of halogens is 4. The van der Waals surface area contributed by atoms with Gasteiger partial charge in [-0.3, -0.25) is 4.79 Å². The highest BCUT2D eigenvalue weighted by Gasteiger charge is 2.42. The number of anilines is 1. The van der Waals surface area contributed by atoms with Crippen LogP contribution < -0.4 is 10.0 Å². The maximum Gasteiger partial charge on any atom is 0.404 e. The van der Waals surface area contributed by atoms with Crippen molar-refractivity contribution in [1.29, 1.82) is 5.26 Å². The first-order valence-electron chi connectivity index (χ1n) is 8.63. The Hall–Kier alpha value is -2.62. The summed E-state index contributed by atoms with van der Waals surface area (Å²) in [4.78, 5) is 16.0. The van der Waals surface area contributed by atoms with Gasteiger partial charge in [0.1, 0.15) is 28.4 Å². The fourth-order valence-electron chi connectivity index (χ4n) is 3.12. The second-order valence-electron chi connectivity index (χ2n) is 6.57. The summed E-state index contributed by atoms with van der Waals surface area (Å²) >= 11 is 6.20. The largest absolute Gasteiger partial charge is 0.404 e. The van der Waals surface area contributed by atoms with Crippen LogP contribution in [0, 0.1) is 11.3 Å². The summed E-state index contributed by atoms with van der Waals surface area (Å²) in [6, 6.07) is 2.21. The first-order valence-corrected chi connectivity index (χ1v) is 10.5. The second-order valence-corrected chi connectivity index (χ2v) is 8.60. The number of fused-ring (bicyclic) bond motifs is 1. The highest BCUT2D eigenvalue weighted by Crippen LogP contribution is 2.37. The minimum absolute atomic E-state index is 0.0490. The van der Waals surface area contributed by atoms with E-state index in [-0.39, 0.29) is 35.7 Å². The van der Waals surface area contributed by atoms with Crippen LogP contribution in [0.2, 0.25) is 5.02 Å². The Bertz CT molecular complexity index is 1150. The van der Waals surface area contributed by atoms with Crippen LogP contribution in [0.3, 0.4) is 0 Å². The van der Waals surface area contributed by atoms with Crippen molar-refractivity contribution in [2.45, 2.75) is 43.4 Å². The normalized spacial score (nSPS) is 14.8. The van der Waals surface area contributed by atoms with E-state index in [1.165, 1.54) is 22.9 Å². The van der Waals surface area contributed by atoms with Gasteiger partial charge in [-0.25, -0.2) is 13.4 Å². The number of sulfonamides is 1. The number of hydrogen-bond donors (Lipinski definition) is 2. The lowest BCUT2D eigenvalue weighted by molar-refractivity contribution is -0.147. The molecule has 0 aliphatic carbocycles. The van der Waals surface area contributed by atoms with Crippen molar-refractivity contribution >= 4 is 33.2 Å². The molecular formula is C17H15ClF3N5O3S. The molecule has 0 fully saturated rings. The van der Waals surface area contributed by atoms with Gasteiger partial charge >= 0.3 is 6.18 Å². The van der Waals surface area contributed by atoms with E-state index in [4.69, 9.17) is 16.9 Å². The molecule has 8 nitrogen and oxygen atoms in total. The molecule has 2 aromatic rings. The molecule has 1 atom stereocenters. The number of pyridine rings is 1. The smallest absolute Gasteiger partial charge is 0.338 e. The summed E-state index contributed by atoms with van der Waals surface area (Å²) in [5, 5.41) is 10.9. The zero-order valence-corrected chi connectivity index (χ0v) is 17.0. The van der Waals surface area contributed by atoms with E-state index in [0.717, 1.165) is 0 Å². The number of nitrogens with one attached hydrogen (secondary N) is 2. The fourth-order valence-corrected chi connectivity index (χ4v) is 5.30. The van der Waals surface area contributed by atoms with Gasteiger partial charge in [-0.1, -0.05) is 11.6 Å². The number of nitrogens with zero attached hydrogens (tertiary/aromatic N) is 3. The molecule has 0 saturated heterocycles. The van der Waals surface area contributed by atoms with Gasteiger partial charge in [0.25, 0.3) is 5.91 Å². The summed E-state index contributed by atoms with van der Waals surface area (Å²) in [5.41, 5.74) is 0.260. The van der Waals surface area contributed by atoms with Crippen molar-refractivity contribution in [1.82, 2.24) is 14.3 Å². The molecule has 1 aliphatic rings. The number of rotatable bonds is 5. The lowest BCUT2D eigenvalue weighted by atomic mass is 10.3. The van der Waals surface area contributed by atoms with Gasteiger partial charge in [0, 0.05) is 24.1 Å². The lowest BCUT2D eigenvalue weighted by Crippen LogP contribution is -2.43. The Balaban J connectivity index is 2.00. The van der Waals surface area contributed by atoms with Crippen molar-refractivity contribution in [3.8, 4) is 6.07 Å². The van der Waals surface area contributed by atoms with Crippen LogP contribution in [-0.2, 0) is 23.0 Å². The molecule has 3 rings (SSSR count). The highest BCUT2D eigenvalue weighted by atomic mass is 35.5. The number of carbonyl (C=O) groups excluding carboxylic acids is 1. The molecule has 160 valence electrons. The molecule has 1 unspecified atom stereocenters. The molecule has 0 saturated carbocycles. The molecule has 13 heteroatoms. The van der Waals surface area contributed by atoms with Crippen LogP contribution in [0.15, 0.2) is 23.2 Å². The average molecular weight is 462 g/mol. The third-order valence-electron chi connectivity index (χ3n) is 4.50. The number of alkyl halides is 3. The molecule has 30 heavy (non-hydrogen) atoms. The zero-order valence-electron chi connectivity index (χ0n) is 15.4. The van der Waals surface area contributed by atoms with Crippen LogP contribution >= 0.6 is 11.6 Å². The summed E-state index contributed by atoms with van der Waals surface area (Å²) in [6.45, 7) is 0.952. The van der Waals surface area contributed by atoms with Gasteiger partial charge in [0.05, 0.1) is 5.02 Å². The van der Waals surface area contributed by atoms with Crippen LogP contribution in [0.1, 0.15) is 35.2 Å². The van der Waals surface area contributed by atoms with E-state index < -0.39 is 38.1 Å². The second kappa shape index (κ2) is 7.90. The Morgan fingerprint density at radius 2 is 2.13 bits per heavy atom. The summed E-state index contributed by atoms with van der Waals surface area (Å²) < 4.78 is 66.8. The summed E-state index contributed by atoms with van der Waals surface area (Å²) in [5.74, 6) is -0.761. The van der Waals surface area contributed by atoms with Gasteiger partial charge < -0.3 is 9.88 Å². The Morgan fingerprint density at radius 3 is 2.77 bits per heavy atom. The zero-order chi connectivity index (χ0) is 22.3. The van der Waals surface area contributed by atoms with E-state index in [1.807, 2.05) is 6.07 Å². The molecule has 0 spiro atoms. The van der Waals surface area contributed by atoms with E-state index >= 15 is 0 Å². The lowest BCUT2D eigenvalue weighted by Gasteiger charge is -2.17.